The van der Waals surface area contributed by atoms with Crippen LogP contribution in [0.15, 0.2) is 0 Å². The minimum Gasteiger partial charge on any atom is -0.385 e. The van der Waals surface area contributed by atoms with E-state index in [9.17, 15) is 0 Å². The highest BCUT2D eigenvalue weighted by atomic mass is 35.5. The Kier molecular flexibility index (Phi) is 8.21. The van der Waals surface area contributed by atoms with E-state index in [0.717, 1.165) is 39.2 Å². The molecule has 0 aromatic carbocycles. The summed E-state index contributed by atoms with van der Waals surface area (Å²) in [5.74, 6) is 0. The van der Waals surface area contributed by atoms with Gasteiger partial charge in [-0.05, 0) is 19.3 Å². The van der Waals surface area contributed by atoms with Crippen LogP contribution < -0.4 is 5.32 Å². The third-order valence-electron chi connectivity index (χ3n) is 2.97. The second-order valence-electron chi connectivity index (χ2n) is 4.32. The lowest BCUT2D eigenvalue weighted by Gasteiger charge is -2.27. The van der Waals surface area contributed by atoms with Crippen molar-refractivity contribution in [3.8, 4) is 0 Å². The normalized spacial score (nSPS) is 25.9. The Balaban J connectivity index is 1.90. The van der Waals surface area contributed by atoms with Gasteiger partial charge in [-0.2, -0.15) is 0 Å². The van der Waals surface area contributed by atoms with Gasteiger partial charge in [0.05, 0.1) is 6.61 Å². The van der Waals surface area contributed by atoms with E-state index in [4.69, 9.17) is 21.1 Å². The van der Waals surface area contributed by atoms with Crippen LogP contribution in [0.3, 0.4) is 0 Å². The van der Waals surface area contributed by atoms with E-state index in [1.807, 2.05) is 0 Å². The number of ether oxygens (including phenoxy) is 2. The SMILES string of the molecule is COCCCOCCNC1CCCCC1Cl. The monoisotopic (exact) mass is 249 g/mol. The van der Waals surface area contributed by atoms with E-state index in [0.29, 0.717) is 11.4 Å². The Bertz CT molecular complexity index is 169. The maximum Gasteiger partial charge on any atom is 0.0591 e. The molecule has 3 nitrogen and oxygen atoms in total. The van der Waals surface area contributed by atoms with Crippen LogP contribution >= 0.6 is 11.6 Å². The molecular weight excluding hydrogens is 226 g/mol. The zero-order chi connectivity index (χ0) is 11.6. The highest BCUT2D eigenvalue weighted by Crippen LogP contribution is 2.22. The quantitative estimate of drug-likeness (QED) is 0.528. The molecule has 1 saturated carbocycles. The minimum absolute atomic E-state index is 0.308. The molecule has 0 saturated heterocycles. The molecule has 2 atom stereocenters. The summed E-state index contributed by atoms with van der Waals surface area (Å²) in [4.78, 5) is 0. The molecule has 0 aliphatic heterocycles. The van der Waals surface area contributed by atoms with Crippen LogP contribution in [0.5, 0.6) is 0 Å². The number of methoxy groups -OCH3 is 1. The van der Waals surface area contributed by atoms with E-state index in [2.05, 4.69) is 5.32 Å². The molecule has 4 heteroatoms. The summed E-state index contributed by atoms with van der Waals surface area (Å²) in [7, 11) is 1.71. The van der Waals surface area contributed by atoms with Gasteiger partial charge >= 0.3 is 0 Å². The fourth-order valence-corrected chi connectivity index (χ4v) is 2.41. The molecule has 1 aliphatic carbocycles. The van der Waals surface area contributed by atoms with E-state index in [1.54, 1.807) is 7.11 Å². The van der Waals surface area contributed by atoms with Crippen molar-refractivity contribution in [1.82, 2.24) is 5.32 Å². The highest BCUT2D eigenvalue weighted by molar-refractivity contribution is 6.21. The molecular formula is C12H24ClNO2. The Morgan fingerprint density at radius 2 is 2.00 bits per heavy atom. The van der Waals surface area contributed by atoms with Crippen LogP contribution in [0.2, 0.25) is 0 Å². The molecule has 0 spiro atoms. The number of halogens is 1. The first kappa shape index (κ1) is 14.2. The Labute approximate surface area is 104 Å². The first-order valence-electron chi connectivity index (χ1n) is 6.28. The summed E-state index contributed by atoms with van der Waals surface area (Å²) in [5.41, 5.74) is 0. The Morgan fingerprint density at radius 1 is 1.19 bits per heavy atom. The van der Waals surface area contributed by atoms with Gasteiger partial charge in [0.15, 0.2) is 0 Å². The number of rotatable bonds is 8. The van der Waals surface area contributed by atoms with Crippen LogP contribution in [-0.2, 0) is 9.47 Å². The zero-order valence-corrected chi connectivity index (χ0v) is 11.0. The summed E-state index contributed by atoms with van der Waals surface area (Å²) in [6, 6.07) is 0.484. The molecule has 2 unspecified atom stereocenters. The smallest absolute Gasteiger partial charge is 0.0591 e. The van der Waals surface area contributed by atoms with Crippen molar-refractivity contribution in [3.63, 3.8) is 0 Å². The molecule has 0 aromatic heterocycles. The van der Waals surface area contributed by atoms with Crippen molar-refractivity contribution in [2.75, 3.05) is 33.5 Å². The topological polar surface area (TPSA) is 30.5 Å². The van der Waals surface area contributed by atoms with Crippen LogP contribution in [0.25, 0.3) is 0 Å². The van der Waals surface area contributed by atoms with Gasteiger partial charge in [-0.1, -0.05) is 12.8 Å². The lowest BCUT2D eigenvalue weighted by Crippen LogP contribution is -2.40. The summed E-state index contributed by atoms with van der Waals surface area (Å²) in [5, 5.41) is 3.78. The van der Waals surface area contributed by atoms with Crippen LogP contribution in [0.1, 0.15) is 32.1 Å². The molecule has 16 heavy (non-hydrogen) atoms. The van der Waals surface area contributed by atoms with Gasteiger partial charge in [-0.25, -0.2) is 0 Å². The zero-order valence-electron chi connectivity index (χ0n) is 10.2. The van der Waals surface area contributed by atoms with Gasteiger partial charge in [0.25, 0.3) is 0 Å². The standard InChI is InChI=1S/C12H24ClNO2/c1-15-8-4-9-16-10-7-14-12-6-3-2-5-11(12)13/h11-12,14H,2-10H2,1H3. The van der Waals surface area contributed by atoms with Crippen LogP contribution in [0, 0.1) is 0 Å². The summed E-state index contributed by atoms with van der Waals surface area (Å²) >= 11 is 6.24. The average Bonchev–Trinajstić information content (AvgIpc) is 2.30. The second kappa shape index (κ2) is 9.23. The largest absolute Gasteiger partial charge is 0.385 e. The van der Waals surface area contributed by atoms with Crippen LogP contribution in [0.4, 0.5) is 0 Å². The second-order valence-corrected chi connectivity index (χ2v) is 4.88. The van der Waals surface area contributed by atoms with Crippen molar-refractivity contribution in [3.05, 3.63) is 0 Å². The maximum atomic E-state index is 6.24. The van der Waals surface area contributed by atoms with Gasteiger partial charge in [0.2, 0.25) is 0 Å². The molecule has 0 bridgehead atoms. The van der Waals surface area contributed by atoms with E-state index in [1.165, 1.54) is 19.3 Å². The van der Waals surface area contributed by atoms with Crippen molar-refractivity contribution >= 4 is 11.6 Å². The fraction of sp³-hybridized carbons (Fsp3) is 1.00. The lowest BCUT2D eigenvalue weighted by atomic mass is 9.95. The Hall–Kier alpha value is 0.170. The fourth-order valence-electron chi connectivity index (χ4n) is 2.04. The molecule has 0 amide bonds. The van der Waals surface area contributed by atoms with Gasteiger partial charge in [-0.15, -0.1) is 11.6 Å². The van der Waals surface area contributed by atoms with Gasteiger partial charge in [0, 0.05) is 38.3 Å². The van der Waals surface area contributed by atoms with Gasteiger partial charge < -0.3 is 14.8 Å². The summed E-state index contributed by atoms with van der Waals surface area (Å²) in [6.07, 6.45) is 5.90. The minimum atomic E-state index is 0.308. The molecule has 1 rings (SSSR count). The van der Waals surface area contributed by atoms with E-state index in [-0.39, 0.29) is 0 Å². The molecule has 1 N–H and O–H groups in total. The Morgan fingerprint density at radius 3 is 2.75 bits per heavy atom. The first-order chi connectivity index (χ1) is 7.84. The van der Waals surface area contributed by atoms with Crippen molar-refractivity contribution in [2.45, 2.75) is 43.5 Å². The third-order valence-corrected chi connectivity index (χ3v) is 3.49. The molecule has 1 fully saturated rings. The predicted molar refractivity (Wildman–Crippen MR) is 67.2 cm³/mol. The number of hydrogen-bond acceptors (Lipinski definition) is 3. The van der Waals surface area contributed by atoms with Crippen molar-refractivity contribution < 1.29 is 9.47 Å². The van der Waals surface area contributed by atoms with Gasteiger partial charge in [0.1, 0.15) is 0 Å². The van der Waals surface area contributed by atoms with E-state index >= 15 is 0 Å². The van der Waals surface area contributed by atoms with Crippen molar-refractivity contribution in [2.24, 2.45) is 0 Å². The molecule has 0 radical (unpaired) electrons. The van der Waals surface area contributed by atoms with Crippen molar-refractivity contribution in [1.29, 1.82) is 0 Å². The summed E-state index contributed by atoms with van der Waals surface area (Å²) in [6.45, 7) is 3.23. The van der Waals surface area contributed by atoms with Crippen LogP contribution in [-0.4, -0.2) is 44.9 Å². The molecule has 96 valence electrons. The van der Waals surface area contributed by atoms with E-state index < -0.39 is 0 Å². The lowest BCUT2D eigenvalue weighted by molar-refractivity contribution is 0.102. The third kappa shape index (κ3) is 6.04. The summed E-state index contributed by atoms with van der Waals surface area (Å²) < 4.78 is 10.4. The maximum absolute atomic E-state index is 6.24. The molecule has 1 aliphatic rings. The predicted octanol–water partition coefficient (Wildman–Crippen LogP) is 2.18. The molecule has 0 heterocycles. The number of hydrogen-bond donors (Lipinski definition) is 1. The van der Waals surface area contributed by atoms with Gasteiger partial charge in [-0.3, -0.25) is 0 Å². The first-order valence-corrected chi connectivity index (χ1v) is 6.72. The number of alkyl halides is 1. The molecule has 0 aromatic rings. The average molecular weight is 250 g/mol. The highest BCUT2D eigenvalue weighted by Gasteiger charge is 2.21. The number of nitrogens with one attached hydrogen (secondary N) is 1.